The van der Waals surface area contributed by atoms with Crippen LogP contribution < -0.4 is 5.32 Å². The first-order valence-electron chi connectivity index (χ1n) is 5.30. The average molecular weight is 169 g/mol. The third-order valence-corrected chi connectivity index (χ3v) is 1.88. The summed E-state index contributed by atoms with van der Waals surface area (Å²) in [6.45, 7) is 5.59. The van der Waals surface area contributed by atoms with Crippen LogP contribution in [0.3, 0.4) is 0 Å². The van der Waals surface area contributed by atoms with Crippen molar-refractivity contribution >= 4 is 0 Å². The molecule has 0 aromatic heterocycles. The van der Waals surface area contributed by atoms with Crippen molar-refractivity contribution in [2.24, 2.45) is 0 Å². The SMILES string of the molecule is CCCCC=CNCCCCC. The van der Waals surface area contributed by atoms with Crippen LogP contribution in [0.15, 0.2) is 12.3 Å². The van der Waals surface area contributed by atoms with Crippen molar-refractivity contribution in [2.75, 3.05) is 6.54 Å². The molecule has 0 unspecified atom stereocenters. The molecule has 0 aromatic rings. The van der Waals surface area contributed by atoms with Crippen molar-refractivity contribution in [1.29, 1.82) is 0 Å². The van der Waals surface area contributed by atoms with E-state index < -0.39 is 0 Å². The summed E-state index contributed by atoms with van der Waals surface area (Å²) < 4.78 is 0. The summed E-state index contributed by atoms with van der Waals surface area (Å²) in [5, 5.41) is 3.30. The molecule has 0 fully saturated rings. The molecule has 0 aliphatic carbocycles. The molecule has 1 nitrogen and oxygen atoms in total. The van der Waals surface area contributed by atoms with Crippen LogP contribution >= 0.6 is 0 Å². The van der Waals surface area contributed by atoms with Crippen LogP contribution in [0.5, 0.6) is 0 Å². The molecule has 1 N–H and O–H groups in total. The molecule has 0 spiro atoms. The van der Waals surface area contributed by atoms with E-state index in [1.54, 1.807) is 0 Å². The van der Waals surface area contributed by atoms with Crippen molar-refractivity contribution in [3.63, 3.8) is 0 Å². The predicted octanol–water partition coefficient (Wildman–Crippen LogP) is 3.47. The van der Waals surface area contributed by atoms with E-state index in [-0.39, 0.29) is 0 Å². The second-order valence-corrected chi connectivity index (χ2v) is 3.21. The zero-order valence-corrected chi connectivity index (χ0v) is 8.60. The van der Waals surface area contributed by atoms with Crippen LogP contribution in [-0.4, -0.2) is 6.54 Å². The summed E-state index contributed by atoms with van der Waals surface area (Å²) in [6.07, 6.45) is 12.1. The summed E-state index contributed by atoms with van der Waals surface area (Å²) in [6, 6.07) is 0. The van der Waals surface area contributed by atoms with E-state index in [0.29, 0.717) is 0 Å². The summed E-state index contributed by atoms with van der Waals surface area (Å²) in [5.74, 6) is 0. The Kier molecular flexibility index (Phi) is 10.1. The van der Waals surface area contributed by atoms with Gasteiger partial charge in [0.15, 0.2) is 0 Å². The summed E-state index contributed by atoms with van der Waals surface area (Å²) in [4.78, 5) is 0. The normalized spacial score (nSPS) is 10.8. The third kappa shape index (κ3) is 9.54. The Morgan fingerprint density at radius 1 is 1.00 bits per heavy atom. The lowest BCUT2D eigenvalue weighted by Crippen LogP contribution is -2.06. The maximum absolute atomic E-state index is 3.30. The Labute approximate surface area is 77.2 Å². The smallest absolute Gasteiger partial charge is 0.0141 e. The first kappa shape index (κ1) is 11.5. The van der Waals surface area contributed by atoms with E-state index >= 15 is 0 Å². The largest absolute Gasteiger partial charge is 0.391 e. The van der Waals surface area contributed by atoms with E-state index in [9.17, 15) is 0 Å². The van der Waals surface area contributed by atoms with Crippen molar-refractivity contribution in [2.45, 2.75) is 52.4 Å². The number of allylic oxidation sites excluding steroid dienone is 1. The van der Waals surface area contributed by atoms with Gasteiger partial charge in [0, 0.05) is 6.54 Å². The predicted molar refractivity (Wildman–Crippen MR) is 56.2 cm³/mol. The van der Waals surface area contributed by atoms with E-state index in [1.165, 1.54) is 38.5 Å². The topological polar surface area (TPSA) is 12.0 Å². The highest BCUT2D eigenvalue weighted by Gasteiger charge is 1.82. The van der Waals surface area contributed by atoms with Gasteiger partial charge in [-0.15, -0.1) is 0 Å². The van der Waals surface area contributed by atoms with Gasteiger partial charge < -0.3 is 5.32 Å². The van der Waals surface area contributed by atoms with Gasteiger partial charge in [0.2, 0.25) is 0 Å². The fourth-order valence-electron chi connectivity index (χ4n) is 1.05. The molecule has 12 heavy (non-hydrogen) atoms. The van der Waals surface area contributed by atoms with Gasteiger partial charge in [-0.2, -0.15) is 0 Å². The summed E-state index contributed by atoms with van der Waals surface area (Å²) >= 11 is 0. The van der Waals surface area contributed by atoms with Crippen LogP contribution in [-0.2, 0) is 0 Å². The van der Waals surface area contributed by atoms with E-state index in [2.05, 4.69) is 31.4 Å². The van der Waals surface area contributed by atoms with Crippen LogP contribution in [0, 0.1) is 0 Å². The Morgan fingerprint density at radius 2 is 1.75 bits per heavy atom. The van der Waals surface area contributed by atoms with E-state index in [4.69, 9.17) is 0 Å². The Bertz CT molecular complexity index is 97.2. The lowest BCUT2D eigenvalue weighted by Gasteiger charge is -1.98. The average Bonchev–Trinajstić information content (AvgIpc) is 2.10. The van der Waals surface area contributed by atoms with Gasteiger partial charge in [-0.3, -0.25) is 0 Å². The fourth-order valence-corrected chi connectivity index (χ4v) is 1.05. The Hall–Kier alpha value is -0.460. The molecular formula is C11H23N. The van der Waals surface area contributed by atoms with E-state index in [1.807, 2.05) is 0 Å². The quantitative estimate of drug-likeness (QED) is 0.549. The third-order valence-electron chi connectivity index (χ3n) is 1.88. The van der Waals surface area contributed by atoms with Crippen molar-refractivity contribution in [3.05, 3.63) is 12.3 Å². The second-order valence-electron chi connectivity index (χ2n) is 3.21. The van der Waals surface area contributed by atoms with Gasteiger partial charge in [0.05, 0.1) is 0 Å². The maximum Gasteiger partial charge on any atom is 0.0141 e. The minimum absolute atomic E-state index is 1.14. The van der Waals surface area contributed by atoms with Crippen molar-refractivity contribution in [3.8, 4) is 0 Å². The molecule has 0 atom stereocenters. The zero-order valence-electron chi connectivity index (χ0n) is 8.60. The Balaban J connectivity index is 2.92. The molecule has 0 saturated heterocycles. The molecule has 0 saturated carbocycles. The monoisotopic (exact) mass is 169 g/mol. The number of rotatable bonds is 8. The van der Waals surface area contributed by atoms with Crippen LogP contribution in [0.25, 0.3) is 0 Å². The molecule has 0 aliphatic rings. The van der Waals surface area contributed by atoms with Gasteiger partial charge in [0.1, 0.15) is 0 Å². The zero-order chi connectivity index (χ0) is 9.07. The molecule has 0 rings (SSSR count). The van der Waals surface area contributed by atoms with Crippen molar-refractivity contribution < 1.29 is 0 Å². The number of unbranched alkanes of at least 4 members (excludes halogenated alkanes) is 4. The molecule has 0 amide bonds. The Morgan fingerprint density at radius 3 is 2.42 bits per heavy atom. The summed E-state index contributed by atoms with van der Waals surface area (Å²) in [5.41, 5.74) is 0. The lowest BCUT2D eigenvalue weighted by atomic mass is 10.2. The van der Waals surface area contributed by atoms with Gasteiger partial charge in [-0.25, -0.2) is 0 Å². The second kappa shape index (κ2) is 10.5. The maximum atomic E-state index is 3.30. The standard InChI is InChI=1S/C11H23N/c1-3-5-7-9-11-12-10-8-6-4-2/h9,11-12H,3-8,10H2,1-2H3. The van der Waals surface area contributed by atoms with Gasteiger partial charge in [0.25, 0.3) is 0 Å². The van der Waals surface area contributed by atoms with Crippen LogP contribution in [0.1, 0.15) is 52.4 Å². The minimum Gasteiger partial charge on any atom is -0.391 e. The minimum atomic E-state index is 1.14. The highest BCUT2D eigenvalue weighted by molar-refractivity contribution is 4.78. The van der Waals surface area contributed by atoms with Crippen LogP contribution in [0.4, 0.5) is 0 Å². The van der Waals surface area contributed by atoms with Crippen LogP contribution in [0.2, 0.25) is 0 Å². The molecule has 1 heteroatoms. The fraction of sp³-hybridized carbons (Fsp3) is 0.818. The first-order chi connectivity index (χ1) is 5.91. The number of hydrogen-bond acceptors (Lipinski definition) is 1. The lowest BCUT2D eigenvalue weighted by molar-refractivity contribution is 0.681. The molecule has 0 radical (unpaired) electrons. The molecule has 0 aromatic carbocycles. The molecular weight excluding hydrogens is 146 g/mol. The number of hydrogen-bond donors (Lipinski definition) is 1. The first-order valence-corrected chi connectivity index (χ1v) is 5.30. The molecule has 0 heterocycles. The molecule has 72 valence electrons. The molecule has 0 aliphatic heterocycles. The summed E-state index contributed by atoms with van der Waals surface area (Å²) in [7, 11) is 0. The highest BCUT2D eigenvalue weighted by Crippen LogP contribution is 1.94. The van der Waals surface area contributed by atoms with Gasteiger partial charge >= 0.3 is 0 Å². The highest BCUT2D eigenvalue weighted by atomic mass is 14.8. The number of nitrogens with one attached hydrogen (secondary N) is 1. The van der Waals surface area contributed by atoms with Crippen molar-refractivity contribution in [1.82, 2.24) is 5.32 Å². The van der Waals surface area contributed by atoms with E-state index in [0.717, 1.165) is 6.54 Å². The van der Waals surface area contributed by atoms with Gasteiger partial charge in [-0.05, 0) is 19.0 Å². The van der Waals surface area contributed by atoms with Gasteiger partial charge in [-0.1, -0.05) is 45.6 Å². The molecule has 0 bridgehead atoms.